The molecule has 0 aliphatic rings. The summed E-state index contributed by atoms with van der Waals surface area (Å²) in [5.41, 5.74) is 2.87. The molecule has 0 saturated heterocycles. The summed E-state index contributed by atoms with van der Waals surface area (Å²) in [6.45, 7) is 3.77. The summed E-state index contributed by atoms with van der Waals surface area (Å²) in [5.74, 6) is -1.53. The van der Waals surface area contributed by atoms with Crippen LogP contribution in [0.15, 0.2) is 36.8 Å². The Hall–Kier alpha value is -3.09. The van der Waals surface area contributed by atoms with Gasteiger partial charge in [0, 0.05) is 30.1 Å². The monoisotopic (exact) mass is 357 g/mol. The van der Waals surface area contributed by atoms with Gasteiger partial charge in [0.25, 0.3) is 0 Å². The van der Waals surface area contributed by atoms with Crippen molar-refractivity contribution in [3.05, 3.63) is 59.7 Å². The van der Waals surface area contributed by atoms with E-state index in [0.29, 0.717) is 33.8 Å². The zero-order chi connectivity index (χ0) is 18.8. The van der Waals surface area contributed by atoms with E-state index in [1.54, 1.807) is 31.5 Å². The highest BCUT2D eigenvalue weighted by atomic mass is 19.1. The molecule has 0 unspecified atom stereocenters. The number of carbonyl (C=O) groups is 1. The molecule has 7 heteroatoms. The lowest BCUT2D eigenvalue weighted by Gasteiger charge is -2.10. The third-order valence-electron chi connectivity index (χ3n) is 4.14. The van der Waals surface area contributed by atoms with E-state index in [4.69, 9.17) is 4.74 Å². The SMILES string of the molecule is CCOC(=O)c1cc(-c2ncc(F)cc2-c2cncc(F)c2)n(C)c1C. The first-order chi connectivity index (χ1) is 12.4. The first-order valence-corrected chi connectivity index (χ1v) is 8.02. The molecule has 0 N–H and O–H groups in total. The van der Waals surface area contributed by atoms with Gasteiger partial charge in [0.15, 0.2) is 0 Å². The third kappa shape index (κ3) is 3.20. The van der Waals surface area contributed by atoms with Crippen molar-refractivity contribution in [2.75, 3.05) is 6.61 Å². The largest absolute Gasteiger partial charge is 0.462 e. The summed E-state index contributed by atoms with van der Waals surface area (Å²) < 4.78 is 34.2. The molecule has 0 aliphatic carbocycles. The van der Waals surface area contributed by atoms with Gasteiger partial charge < -0.3 is 9.30 Å². The maximum absolute atomic E-state index is 13.8. The minimum absolute atomic E-state index is 0.261. The molecule has 3 aromatic rings. The fraction of sp³-hybridized carbons (Fsp3) is 0.211. The van der Waals surface area contributed by atoms with Crippen LogP contribution in [0.3, 0.4) is 0 Å². The van der Waals surface area contributed by atoms with E-state index in [-0.39, 0.29) is 6.61 Å². The van der Waals surface area contributed by atoms with Crippen LogP contribution in [0.2, 0.25) is 0 Å². The topological polar surface area (TPSA) is 57.0 Å². The van der Waals surface area contributed by atoms with E-state index in [9.17, 15) is 13.6 Å². The number of halogens is 2. The first kappa shape index (κ1) is 17.7. The summed E-state index contributed by atoms with van der Waals surface area (Å²) in [6.07, 6.45) is 3.59. The number of nitrogens with zero attached hydrogens (tertiary/aromatic N) is 3. The predicted octanol–water partition coefficient (Wildman–Crippen LogP) is 3.91. The fourth-order valence-electron chi connectivity index (χ4n) is 2.76. The van der Waals surface area contributed by atoms with Crippen molar-refractivity contribution in [3.8, 4) is 22.5 Å². The molecule has 26 heavy (non-hydrogen) atoms. The summed E-state index contributed by atoms with van der Waals surface area (Å²) >= 11 is 0. The molecule has 3 heterocycles. The van der Waals surface area contributed by atoms with Gasteiger partial charge in [-0.15, -0.1) is 0 Å². The molecule has 0 amide bonds. The maximum atomic E-state index is 13.8. The molecule has 3 aromatic heterocycles. The Balaban J connectivity index is 2.19. The molecule has 0 saturated carbocycles. The second-order valence-electron chi connectivity index (χ2n) is 5.75. The summed E-state index contributed by atoms with van der Waals surface area (Å²) in [7, 11) is 1.77. The molecule has 0 fully saturated rings. The van der Waals surface area contributed by atoms with Crippen LogP contribution in [0.4, 0.5) is 8.78 Å². The van der Waals surface area contributed by atoms with Crippen LogP contribution in [-0.4, -0.2) is 27.1 Å². The van der Waals surface area contributed by atoms with E-state index < -0.39 is 17.6 Å². The third-order valence-corrected chi connectivity index (χ3v) is 4.14. The van der Waals surface area contributed by atoms with Crippen molar-refractivity contribution >= 4 is 5.97 Å². The maximum Gasteiger partial charge on any atom is 0.339 e. The van der Waals surface area contributed by atoms with Gasteiger partial charge >= 0.3 is 5.97 Å². The lowest BCUT2D eigenvalue weighted by molar-refractivity contribution is 0.0525. The van der Waals surface area contributed by atoms with Crippen molar-refractivity contribution < 1.29 is 18.3 Å². The number of esters is 1. The molecule has 0 aromatic carbocycles. The Morgan fingerprint density at radius 2 is 1.88 bits per heavy atom. The fourth-order valence-corrected chi connectivity index (χ4v) is 2.76. The smallest absolute Gasteiger partial charge is 0.339 e. The standard InChI is InChI=1S/C19H17F2N3O2/c1-4-26-19(25)15-7-17(24(3)11(15)2)18-16(6-14(21)10-23-18)12-5-13(20)9-22-8-12/h5-10H,4H2,1-3H3. The first-order valence-electron chi connectivity index (χ1n) is 8.02. The molecule has 0 radical (unpaired) electrons. The highest BCUT2D eigenvalue weighted by Gasteiger charge is 2.21. The Morgan fingerprint density at radius 3 is 2.58 bits per heavy atom. The van der Waals surface area contributed by atoms with Crippen molar-refractivity contribution in [1.29, 1.82) is 0 Å². The van der Waals surface area contributed by atoms with Crippen molar-refractivity contribution in [2.24, 2.45) is 7.05 Å². The summed E-state index contributed by atoms with van der Waals surface area (Å²) in [5, 5.41) is 0. The zero-order valence-corrected chi connectivity index (χ0v) is 14.6. The van der Waals surface area contributed by atoms with Crippen LogP contribution < -0.4 is 0 Å². The molecule has 5 nitrogen and oxygen atoms in total. The van der Waals surface area contributed by atoms with Crippen molar-refractivity contribution in [3.63, 3.8) is 0 Å². The normalized spacial score (nSPS) is 10.8. The Labute approximate surface area is 149 Å². The van der Waals surface area contributed by atoms with Gasteiger partial charge in [0.1, 0.15) is 11.6 Å². The van der Waals surface area contributed by atoms with Crippen LogP contribution in [0.1, 0.15) is 23.0 Å². The molecule has 134 valence electrons. The molecular weight excluding hydrogens is 340 g/mol. The zero-order valence-electron chi connectivity index (χ0n) is 14.6. The molecule has 0 spiro atoms. The lowest BCUT2D eigenvalue weighted by Crippen LogP contribution is -2.06. The predicted molar refractivity (Wildman–Crippen MR) is 92.5 cm³/mol. The number of ether oxygens (including phenoxy) is 1. The van der Waals surface area contributed by atoms with Gasteiger partial charge in [-0.05, 0) is 32.0 Å². The average Bonchev–Trinajstić information content (AvgIpc) is 2.91. The molecular formula is C19H17F2N3O2. The second-order valence-corrected chi connectivity index (χ2v) is 5.75. The van der Waals surface area contributed by atoms with Gasteiger partial charge in [-0.2, -0.15) is 0 Å². The Kier molecular flexibility index (Phi) is 4.79. The molecule has 0 atom stereocenters. The second kappa shape index (κ2) is 7.03. The van der Waals surface area contributed by atoms with E-state index in [1.807, 2.05) is 0 Å². The van der Waals surface area contributed by atoms with Gasteiger partial charge in [0.2, 0.25) is 0 Å². The van der Waals surface area contributed by atoms with Crippen LogP contribution in [0.5, 0.6) is 0 Å². The van der Waals surface area contributed by atoms with E-state index in [0.717, 1.165) is 12.4 Å². The lowest BCUT2D eigenvalue weighted by atomic mass is 10.0. The van der Waals surface area contributed by atoms with Crippen molar-refractivity contribution in [1.82, 2.24) is 14.5 Å². The van der Waals surface area contributed by atoms with Gasteiger partial charge in [-0.1, -0.05) is 0 Å². The van der Waals surface area contributed by atoms with E-state index in [1.165, 1.54) is 18.3 Å². The minimum atomic E-state index is -0.551. The number of carbonyl (C=O) groups excluding carboxylic acids is 1. The van der Waals surface area contributed by atoms with Crippen LogP contribution in [-0.2, 0) is 11.8 Å². The number of rotatable bonds is 4. The van der Waals surface area contributed by atoms with Crippen LogP contribution in [0, 0.1) is 18.6 Å². The molecule has 0 aliphatic heterocycles. The quantitative estimate of drug-likeness (QED) is 0.664. The Morgan fingerprint density at radius 1 is 1.15 bits per heavy atom. The summed E-state index contributed by atoms with van der Waals surface area (Å²) in [4.78, 5) is 20.1. The van der Waals surface area contributed by atoms with E-state index in [2.05, 4.69) is 9.97 Å². The van der Waals surface area contributed by atoms with Gasteiger partial charge in [-0.3, -0.25) is 9.97 Å². The van der Waals surface area contributed by atoms with E-state index >= 15 is 0 Å². The van der Waals surface area contributed by atoms with Gasteiger partial charge in [0.05, 0.1) is 36.0 Å². The molecule has 0 bridgehead atoms. The summed E-state index contributed by atoms with van der Waals surface area (Å²) in [6, 6.07) is 4.17. The Bertz CT molecular complexity index is 983. The highest BCUT2D eigenvalue weighted by molar-refractivity contribution is 5.93. The average molecular weight is 357 g/mol. The number of hydrogen-bond donors (Lipinski definition) is 0. The number of aromatic nitrogens is 3. The van der Waals surface area contributed by atoms with Crippen molar-refractivity contribution in [2.45, 2.75) is 13.8 Å². The van der Waals surface area contributed by atoms with Gasteiger partial charge in [-0.25, -0.2) is 13.6 Å². The number of pyridine rings is 2. The minimum Gasteiger partial charge on any atom is -0.462 e. The van der Waals surface area contributed by atoms with Crippen LogP contribution in [0.25, 0.3) is 22.5 Å². The highest BCUT2D eigenvalue weighted by Crippen LogP contribution is 2.33. The number of hydrogen-bond acceptors (Lipinski definition) is 4. The van der Waals surface area contributed by atoms with Crippen LogP contribution >= 0.6 is 0 Å². The molecule has 3 rings (SSSR count).